The number of alkyl halides is 3. The first-order valence-electron chi connectivity index (χ1n) is 5.42. The van der Waals surface area contributed by atoms with E-state index < -0.39 is 11.9 Å². The van der Waals surface area contributed by atoms with Crippen LogP contribution >= 0.6 is 0 Å². The summed E-state index contributed by atoms with van der Waals surface area (Å²) in [6, 6.07) is 5.93. The maximum atomic E-state index is 12.4. The van der Waals surface area contributed by atoms with E-state index >= 15 is 0 Å². The standard InChI is InChI=1S/C12H12F3N3O/c1-19-10-5-8(4-9(16)6-10)7-18-3-2-11(17-18)12(13,14)15/h2-6H,7,16H2,1H3. The summed E-state index contributed by atoms with van der Waals surface area (Å²) < 4.78 is 43.5. The molecular formula is C12H12F3N3O. The van der Waals surface area contributed by atoms with Gasteiger partial charge in [-0.2, -0.15) is 18.3 Å². The average molecular weight is 271 g/mol. The molecule has 1 aromatic heterocycles. The molecular weight excluding hydrogens is 259 g/mol. The molecule has 1 aromatic carbocycles. The van der Waals surface area contributed by atoms with Gasteiger partial charge in [-0.3, -0.25) is 4.68 Å². The van der Waals surface area contributed by atoms with Crippen LogP contribution in [0.5, 0.6) is 5.75 Å². The fourth-order valence-electron chi connectivity index (χ4n) is 1.68. The Bertz CT molecular complexity index is 578. The first-order valence-corrected chi connectivity index (χ1v) is 5.42. The Morgan fingerprint density at radius 2 is 2.05 bits per heavy atom. The summed E-state index contributed by atoms with van der Waals surface area (Å²) in [5, 5.41) is 3.47. The highest BCUT2D eigenvalue weighted by molar-refractivity contribution is 5.47. The number of ether oxygens (including phenoxy) is 1. The molecule has 0 fully saturated rings. The highest BCUT2D eigenvalue weighted by Crippen LogP contribution is 2.27. The van der Waals surface area contributed by atoms with Crippen molar-refractivity contribution in [3.05, 3.63) is 41.7 Å². The Hall–Kier alpha value is -2.18. The van der Waals surface area contributed by atoms with Crippen LogP contribution in [0.3, 0.4) is 0 Å². The van der Waals surface area contributed by atoms with Crippen molar-refractivity contribution < 1.29 is 17.9 Å². The van der Waals surface area contributed by atoms with E-state index in [-0.39, 0.29) is 6.54 Å². The van der Waals surface area contributed by atoms with Crippen molar-refractivity contribution in [3.63, 3.8) is 0 Å². The SMILES string of the molecule is COc1cc(N)cc(Cn2ccc(C(F)(F)F)n2)c1. The molecule has 0 aliphatic carbocycles. The lowest BCUT2D eigenvalue weighted by atomic mass is 10.2. The van der Waals surface area contributed by atoms with Gasteiger partial charge in [-0.25, -0.2) is 0 Å². The molecule has 0 atom stereocenters. The Morgan fingerprint density at radius 3 is 2.63 bits per heavy atom. The molecule has 102 valence electrons. The van der Waals surface area contributed by atoms with Crippen LogP contribution in [0.4, 0.5) is 18.9 Å². The summed E-state index contributed by atoms with van der Waals surface area (Å²) in [7, 11) is 1.49. The number of aromatic nitrogens is 2. The topological polar surface area (TPSA) is 53.1 Å². The third-order valence-electron chi connectivity index (χ3n) is 2.50. The molecule has 2 rings (SSSR count). The summed E-state index contributed by atoms with van der Waals surface area (Å²) in [6.45, 7) is 0.192. The minimum Gasteiger partial charge on any atom is -0.497 e. The van der Waals surface area contributed by atoms with Gasteiger partial charge >= 0.3 is 6.18 Å². The van der Waals surface area contributed by atoms with Gasteiger partial charge in [0.15, 0.2) is 5.69 Å². The highest BCUT2D eigenvalue weighted by atomic mass is 19.4. The second-order valence-electron chi connectivity index (χ2n) is 4.01. The molecule has 0 amide bonds. The molecule has 2 N–H and O–H groups in total. The van der Waals surface area contributed by atoms with Crippen molar-refractivity contribution in [2.75, 3.05) is 12.8 Å². The third-order valence-corrected chi connectivity index (χ3v) is 2.50. The van der Waals surface area contributed by atoms with Crippen LogP contribution < -0.4 is 10.5 Å². The van der Waals surface area contributed by atoms with Crippen LogP contribution in [-0.2, 0) is 12.7 Å². The second kappa shape index (κ2) is 4.83. The number of anilines is 1. The van der Waals surface area contributed by atoms with Crippen molar-refractivity contribution in [2.24, 2.45) is 0 Å². The van der Waals surface area contributed by atoms with E-state index in [0.29, 0.717) is 17.0 Å². The smallest absolute Gasteiger partial charge is 0.435 e. The number of hydrogen-bond acceptors (Lipinski definition) is 3. The molecule has 0 spiro atoms. The van der Waals surface area contributed by atoms with Crippen LogP contribution in [0.2, 0.25) is 0 Å². The van der Waals surface area contributed by atoms with Gasteiger partial charge in [0.2, 0.25) is 0 Å². The van der Waals surface area contributed by atoms with Gasteiger partial charge in [0, 0.05) is 18.0 Å². The van der Waals surface area contributed by atoms with Gasteiger partial charge < -0.3 is 10.5 Å². The van der Waals surface area contributed by atoms with Crippen LogP contribution in [0, 0.1) is 0 Å². The minimum atomic E-state index is -4.43. The zero-order valence-corrected chi connectivity index (χ0v) is 10.1. The van der Waals surface area contributed by atoms with Crippen molar-refractivity contribution in [3.8, 4) is 5.75 Å². The second-order valence-corrected chi connectivity index (χ2v) is 4.01. The van der Waals surface area contributed by atoms with Crippen LogP contribution in [0.15, 0.2) is 30.5 Å². The molecule has 1 heterocycles. The maximum absolute atomic E-state index is 12.4. The fraction of sp³-hybridized carbons (Fsp3) is 0.250. The number of rotatable bonds is 3. The van der Waals surface area contributed by atoms with E-state index in [1.165, 1.54) is 18.0 Å². The fourth-order valence-corrected chi connectivity index (χ4v) is 1.68. The van der Waals surface area contributed by atoms with Gasteiger partial charge in [-0.15, -0.1) is 0 Å². The normalized spacial score (nSPS) is 11.6. The minimum absolute atomic E-state index is 0.192. The first kappa shape index (κ1) is 13.3. The average Bonchev–Trinajstić information content (AvgIpc) is 2.76. The number of halogens is 3. The number of nitrogens with two attached hydrogens (primary N) is 1. The monoisotopic (exact) mass is 271 g/mol. The molecule has 0 bridgehead atoms. The Kier molecular flexibility index (Phi) is 3.37. The van der Waals surface area contributed by atoms with Gasteiger partial charge in [0.05, 0.1) is 13.7 Å². The highest BCUT2D eigenvalue weighted by Gasteiger charge is 2.33. The Balaban J connectivity index is 2.21. The number of nitrogens with zero attached hydrogens (tertiary/aromatic N) is 2. The quantitative estimate of drug-likeness (QED) is 0.873. The van der Waals surface area contributed by atoms with Crippen LogP contribution in [-0.4, -0.2) is 16.9 Å². The molecule has 0 unspecified atom stereocenters. The molecule has 2 aromatic rings. The van der Waals surface area contributed by atoms with Crippen molar-refractivity contribution in [1.82, 2.24) is 9.78 Å². The van der Waals surface area contributed by atoms with Gasteiger partial charge in [-0.1, -0.05) is 0 Å². The zero-order valence-electron chi connectivity index (χ0n) is 10.1. The number of nitrogen functional groups attached to an aromatic ring is 1. The summed E-state index contributed by atoms with van der Waals surface area (Å²) in [5.74, 6) is 0.554. The molecule has 19 heavy (non-hydrogen) atoms. The summed E-state index contributed by atoms with van der Waals surface area (Å²) >= 11 is 0. The number of benzene rings is 1. The molecule has 0 radical (unpaired) electrons. The maximum Gasteiger partial charge on any atom is 0.435 e. The largest absolute Gasteiger partial charge is 0.497 e. The van der Waals surface area contributed by atoms with Gasteiger partial charge in [0.1, 0.15) is 5.75 Å². The summed E-state index contributed by atoms with van der Waals surface area (Å²) in [6.07, 6.45) is -3.16. The predicted octanol–water partition coefficient (Wildman–Crippen LogP) is 2.54. The number of hydrogen-bond donors (Lipinski definition) is 1. The van der Waals surface area contributed by atoms with E-state index in [2.05, 4.69) is 5.10 Å². The van der Waals surface area contributed by atoms with Crippen molar-refractivity contribution >= 4 is 5.69 Å². The van der Waals surface area contributed by atoms with Crippen molar-refractivity contribution in [2.45, 2.75) is 12.7 Å². The van der Waals surface area contributed by atoms with Crippen LogP contribution in [0.25, 0.3) is 0 Å². The summed E-state index contributed by atoms with van der Waals surface area (Å²) in [5.41, 5.74) is 5.96. The Labute approximate surface area is 107 Å². The molecule has 0 saturated carbocycles. The van der Waals surface area contributed by atoms with E-state index in [4.69, 9.17) is 10.5 Å². The number of methoxy groups -OCH3 is 1. The Morgan fingerprint density at radius 1 is 1.32 bits per heavy atom. The molecule has 0 aliphatic rings. The lowest BCUT2D eigenvalue weighted by Gasteiger charge is -2.07. The van der Waals surface area contributed by atoms with Crippen molar-refractivity contribution in [1.29, 1.82) is 0 Å². The molecule has 0 saturated heterocycles. The first-order chi connectivity index (χ1) is 8.88. The van der Waals surface area contributed by atoms with Gasteiger partial charge in [-0.05, 0) is 23.8 Å². The van der Waals surface area contributed by atoms with Gasteiger partial charge in [0.25, 0.3) is 0 Å². The molecule has 7 heteroatoms. The van der Waals surface area contributed by atoms with E-state index in [1.807, 2.05) is 0 Å². The molecule has 4 nitrogen and oxygen atoms in total. The third kappa shape index (κ3) is 3.18. The lowest BCUT2D eigenvalue weighted by molar-refractivity contribution is -0.141. The lowest BCUT2D eigenvalue weighted by Crippen LogP contribution is -2.08. The van der Waals surface area contributed by atoms with E-state index in [9.17, 15) is 13.2 Å². The molecule has 0 aliphatic heterocycles. The van der Waals surface area contributed by atoms with E-state index in [1.54, 1.807) is 18.2 Å². The zero-order chi connectivity index (χ0) is 14.0. The van der Waals surface area contributed by atoms with Crippen LogP contribution in [0.1, 0.15) is 11.3 Å². The summed E-state index contributed by atoms with van der Waals surface area (Å²) in [4.78, 5) is 0. The predicted molar refractivity (Wildman–Crippen MR) is 63.7 cm³/mol. The van der Waals surface area contributed by atoms with E-state index in [0.717, 1.165) is 6.07 Å².